The van der Waals surface area contributed by atoms with Crippen LogP contribution in [0.25, 0.3) is 5.57 Å². The molecule has 0 aliphatic carbocycles. The molecular formula is C22H24ClF2N5O2. The fraction of sp³-hybridized carbons (Fsp3) is 0.409. The first kappa shape index (κ1) is 22.4. The summed E-state index contributed by atoms with van der Waals surface area (Å²) in [6, 6.07) is 3.56. The van der Waals surface area contributed by atoms with Gasteiger partial charge >= 0.3 is 0 Å². The van der Waals surface area contributed by atoms with E-state index in [0.717, 1.165) is 6.07 Å². The second kappa shape index (κ2) is 8.99. The predicted octanol–water partition coefficient (Wildman–Crippen LogP) is 2.79. The van der Waals surface area contributed by atoms with Crippen molar-refractivity contribution >= 4 is 23.1 Å². The van der Waals surface area contributed by atoms with Crippen molar-refractivity contribution < 1.29 is 18.3 Å². The first-order chi connectivity index (χ1) is 15.2. The molecule has 1 saturated heterocycles. The van der Waals surface area contributed by atoms with E-state index in [1.807, 2.05) is 0 Å². The van der Waals surface area contributed by atoms with Crippen LogP contribution in [0, 0.1) is 19.7 Å². The lowest BCUT2D eigenvalue weighted by Crippen LogP contribution is -2.32. The number of alkyl halides is 1. The minimum Gasteiger partial charge on any atom is -0.491 e. The molecule has 2 aliphatic rings. The average Bonchev–Trinajstić information content (AvgIpc) is 3.35. The van der Waals surface area contributed by atoms with Gasteiger partial charge in [-0.1, -0.05) is 11.6 Å². The number of benzene rings is 1. The maximum atomic E-state index is 13.9. The molecule has 2 aromatic rings. The Morgan fingerprint density at radius 2 is 2.03 bits per heavy atom. The van der Waals surface area contributed by atoms with Crippen LogP contribution in [0.5, 0.6) is 5.75 Å². The molecule has 32 heavy (non-hydrogen) atoms. The van der Waals surface area contributed by atoms with Gasteiger partial charge < -0.3 is 20.7 Å². The molecule has 2 atom stereocenters. The van der Waals surface area contributed by atoms with Crippen molar-refractivity contribution in [2.45, 2.75) is 32.5 Å². The number of carbonyl (C=O) groups is 1. The third-order valence-corrected chi connectivity index (χ3v) is 6.17. The third-order valence-electron chi connectivity index (χ3n) is 5.62. The Bertz CT molecular complexity index is 1070. The van der Waals surface area contributed by atoms with Gasteiger partial charge in [0.25, 0.3) is 5.91 Å². The lowest BCUT2D eigenvalue weighted by molar-refractivity contribution is 0.0794. The molecule has 1 aromatic carbocycles. The molecular weight excluding hydrogens is 440 g/mol. The van der Waals surface area contributed by atoms with Crippen LogP contribution in [-0.2, 0) is 0 Å². The van der Waals surface area contributed by atoms with E-state index < -0.39 is 12.0 Å². The van der Waals surface area contributed by atoms with E-state index in [1.54, 1.807) is 13.8 Å². The fourth-order valence-electron chi connectivity index (χ4n) is 3.89. The lowest BCUT2D eigenvalue weighted by Gasteiger charge is -2.20. The van der Waals surface area contributed by atoms with Crippen LogP contribution in [0.1, 0.15) is 34.0 Å². The van der Waals surface area contributed by atoms with E-state index in [4.69, 9.17) is 22.1 Å². The Labute approximate surface area is 189 Å². The van der Waals surface area contributed by atoms with Gasteiger partial charge in [0.15, 0.2) is 5.82 Å². The Morgan fingerprint density at radius 3 is 2.69 bits per heavy atom. The van der Waals surface area contributed by atoms with E-state index >= 15 is 0 Å². The topological polar surface area (TPSA) is 93.4 Å². The van der Waals surface area contributed by atoms with Gasteiger partial charge in [-0.15, -0.1) is 0 Å². The molecule has 0 saturated carbocycles. The van der Waals surface area contributed by atoms with Crippen LogP contribution in [0.2, 0.25) is 5.02 Å². The number of carbonyl (C=O) groups excluding carboxylic acids is 1. The number of halogens is 3. The highest BCUT2D eigenvalue weighted by Gasteiger charge is 2.30. The molecule has 1 aromatic heterocycles. The molecule has 3 heterocycles. The Kier molecular flexibility index (Phi) is 6.30. The van der Waals surface area contributed by atoms with Crippen LogP contribution < -0.4 is 15.8 Å². The molecule has 0 unspecified atom stereocenters. The number of ether oxygens (including phenoxy) is 1. The lowest BCUT2D eigenvalue weighted by atomic mass is 10.1. The Hall–Kier alpha value is -2.78. The van der Waals surface area contributed by atoms with E-state index in [2.05, 4.69) is 15.3 Å². The first-order valence-corrected chi connectivity index (χ1v) is 10.7. The number of rotatable bonds is 5. The molecule has 2 aliphatic heterocycles. The zero-order valence-electron chi connectivity index (χ0n) is 17.8. The first-order valence-electron chi connectivity index (χ1n) is 10.3. The van der Waals surface area contributed by atoms with Crippen molar-refractivity contribution in [3.8, 4) is 5.75 Å². The molecule has 7 nitrogen and oxygen atoms in total. The van der Waals surface area contributed by atoms with Gasteiger partial charge in [-0.25, -0.2) is 18.7 Å². The van der Waals surface area contributed by atoms with Crippen molar-refractivity contribution in [2.75, 3.05) is 26.2 Å². The highest BCUT2D eigenvalue weighted by molar-refractivity contribution is 6.31. The van der Waals surface area contributed by atoms with Gasteiger partial charge in [0.1, 0.15) is 24.3 Å². The third kappa shape index (κ3) is 4.54. The second-order valence-electron chi connectivity index (χ2n) is 8.09. The number of nitrogens with two attached hydrogens (primary N) is 1. The molecule has 4 rings (SSSR count). The Morgan fingerprint density at radius 1 is 1.31 bits per heavy atom. The number of nitrogens with zero attached hydrogens (tertiary/aromatic N) is 3. The number of nitrogens with one attached hydrogen (secondary N) is 1. The molecule has 0 bridgehead atoms. The zero-order chi connectivity index (χ0) is 23.0. The van der Waals surface area contributed by atoms with Crippen molar-refractivity contribution in [2.24, 2.45) is 5.73 Å². The number of hydrogen-bond donors (Lipinski definition) is 2. The van der Waals surface area contributed by atoms with Crippen LogP contribution >= 0.6 is 11.6 Å². The summed E-state index contributed by atoms with van der Waals surface area (Å²) in [5.41, 5.74) is 8.80. The second-order valence-corrected chi connectivity index (χ2v) is 8.46. The van der Waals surface area contributed by atoms with Crippen LogP contribution in [0.4, 0.5) is 8.78 Å². The minimum atomic E-state index is -0.934. The van der Waals surface area contributed by atoms with Crippen molar-refractivity contribution in [1.29, 1.82) is 0 Å². The number of aryl methyl sites for hydroxylation is 2. The molecule has 0 spiro atoms. The van der Waals surface area contributed by atoms with Gasteiger partial charge in [0, 0.05) is 29.9 Å². The van der Waals surface area contributed by atoms with Crippen LogP contribution in [-0.4, -0.2) is 59.2 Å². The quantitative estimate of drug-likeness (QED) is 0.708. The molecule has 10 heteroatoms. The number of amides is 1. The fourth-order valence-corrected chi connectivity index (χ4v) is 3.98. The Balaban J connectivity index is 1.52. The number of hydrogen-bond acceptors (Lipinski definition) is 6. The smallest absolute Gasteiger partial charge is 0.258 e. The van der Waals surface area contributed by atoms with Gasteiger partial charge in [0.05, 0.1) is 35.1 Å². The number of aromatic nitrogens is 2. The molecule has 3 N–H and O–H groups in total. The van der Waals surface area contributed by atoms with Crippen LogP contribution in [0.15, 0.2) is 23.9 Å². The van der Waals surface area contributed by atoms with E-state index in [9.17, 15) is 13.6 Å². The summed E-state index contributed by atoms with van der Waals surface area (Å²) in [6.45, 7) is 4.34. The minimum absolute atomic E-state index is 0.112. The van der Waals surface area contributed by atoms with Gasteiger partial charge in [-0.05, 0) is 32.4 Å². The highest BCUT2D eigenvalue weighted by atomic mass is 35.5. The van der Waals surface area contributed by atoms with Crippen molar-refractivity contribution in [3.05, 3.63) is 57.5 Å². The predicted molar refractivity (Wildman–Crippen MR) is 117 cm³/mol. The highest BCUT2D eigenvalue weighted by Crippen LogP contribution is 2.29. The zero-order valence-corrected chi connectivity index (χ0v) is 18.5. The van der Waals surface area contributed by atoms with Gasteiger partial charge in [-0.2, -0.15) is 0 Å². The molecule has 0 radical (unpaired) electrons. The van der Waals surface area contributed by atoms with Crippen molar-refractivity contribution in [3.63, 3.8) is 0 Å². The molecule has 1 amide bonds. The summed E-state index contributed by atoms with van der Waals surface area (Å²) in [7, 11) is 0. The molecule has 170 valence electrons. The summed E-state index contributed by atoms with van der Waals surface area (Å²) >= 11 is 6.16. The van der Waals surface area contributed by atoms with Crippen molar-refractivity contribution in [1.82, 2.24) is 20.2 Å². The van der Waals surface area contributed by atoms with Gasteiger partial charge in [0.2, 0.25) is 0 Å². The monoisotopic (exact) mass is 463 g/mol. The SMILES string of the molecule is Cc1nc(C2=C(N)CN(C(=O)c3ccc(F)cc3OC[C@H]3C[C@@H](F)CN3)C2)nc(C)c1Cl. The molecule has 1 fully saturated rings. The summed E-state index contributed by atoms with van der Waals surface area (Å²) in [6.07, 6.45) is -0.620. The summed E-state index contributed by atoms with van der Waals surface area (Å²) in [5, 5.41) is 3.49. The standard InChI is InChI=1S/C22H24ClF2N5O2/c1-11-20(23)12(2)29-21(28-11)17-8-30(9-18(17)26)22(31)16-4-3-13(24)6-19(16)32-10-15-5-14(25)7-27-15/h3-4,6,14-15,27H,5,7-10,26H2,1-2H3/t14-,15-/m1/s1. The van der Waals surface area contributed by atoms with E-state index in [-0.39, 0.29) is 49.5 Å². The largest absolute Gasteiger partial charge is 0.491 e. The van der Waals surface area contributed by atoms with E-state index in [1.165, 1.54) is 17.0 Å². The van der Waals surface area contributed by atoms with Gasteiger partial charge in [-0.3, -0.25) is 4.79 Å². The maximum absolute atomic E-state index is 13.9. The summed E-state index contributed by atoms with van der Waals surface area (Å²) in [5.74, 6) is -0.343. The maximum Gasteiger partial charge on any atom is 0.258 e. The summed E-state index contributed by atoms with van der Waals surface area (Å²) in [4.78, 5) is 23.6. The average molecular weight is 464 g/mol. The van der Waals surface area contributed by atoms with Crippen LogP contribution in [0.3, 0.4) is 0 Å². The summed E-state index contributed by atoms with van der Waals surface area (Å²) < 4.78 is 33.0. The normalized spacial score (nSPS) is 20.8. The van der Waals surface area contributed by atoms with E-state index in [0.29, 0.717) is 39.9 Å².